The van der Waals surface area contributed by atoms with Crippen LogP contribution in [0, 0.1) is 0 Å². The van der Waals surface area contributed by atoms with Crippen molar-refractivity contribution < 1.29 is 22.7 Å². The molecule has 1 saturated heterocycles. The Hall–Kier alpha value is -2.13. The summed E-state index contributed by atoms with van der Waals surface area (Å²) in [6, 6.07) is 4.31. The van der Waals surface area contributed by atoms with Crippen molar-refractivity contribution in [2.24, 2.45) is 5.14 Å². The topological polar surface area (TPSA) is 133 Å². The van der Waals surface area contributed by atoms with Crippen molar-refractivity contribution in [3.63, 3.8) is 0 Å². The van der Waals surface area contributed by atoms with Gasteiger partial charge in [0.05, 0.1) is 24.0 Å². The minimum Gasteiger partial charge on any atom is -0.465 e. The molecule has 1 aliphatic rings. The molecule has 1 atom stereocenters. The second-order valence-corrected chi connectivity index (χ2v) is 6.53. The summed E-state index contributed by atoms with van der Waals surface area (Å²) in [4.78, 5) is 24.7. The molecule has 1 aromatic rings. The van der Waals surface area contributed by atoms with Crippen molar-refractivity contribution in [1.29, 1.82) is 0 Å². The van der Waals surface area contributed by atoms with E-state index in [0.29, 0.717) is 0 Å². The van der Waals surface area contributed by atoms with Gasteiger partial charge in [-0.05, 0) is 18.2 Å². The van der Waals surface area contributed by atoms with Crippen molar-refractivity contribution in [1.82, 2.24) is 0 Å². The molecule has 0 bridgehead atoms. The molecule has 4 N–H and O–H groups in total. The Morgan fingerprint density at radius 3 is 2.62 bits per heavy atom. The molecule has 21 heavy (non-hydrogen) atoms. The average molecular weight is 313 g/mol. The fourth-order valence-electron chi connectivity index (χ4n) is 2.15. The van der Waals surface area contributed by atoms with Crippen LogP contribution in [0.4, 0.5) is 11.4 Å². The van der Waals surface area contributed by atoms with Gasteiger partial charge < -0.3 is 15.4 Å². The van der Waals surface area contributed by atoms with E-state index in [-0.39, 0.29) is 29.9 Å². The molecular weight excluding hydrogens is 298 g/mol. The second-order valence-electron chi connectivity index (χ2n) is 4.68. The Morgan fingerprint density at radius 1 is 1.43 bits per heavy atom. The van der Waals surface area contributed by atoms with Crippen LogP contribution in [0.5, 0.6) is 0 Å². The Balaban J connectivity index is 2.38. The molecule has 8 nitrogen and oxygen atoms in total. The lowest BCUT2D eigenvalue weighted by Gasteiger charge is -2.19. The molecule has 1 heterocycles. The van der Waals surface area contributed by atoms with Crippen molar-refractivity contribution in [2.75, 3.05) is 24.3 Å². The molecule has 1 aromatic carbocycles. The summed E-state index contributed by atoms with van der Waals surface area (Å²) in [5.41, 5.74) is 6.55. The van der Waals surface area contributed by atoms with E-state index in [1.807, 2.05) is 0 Å². The molecule has 2 rings (SSSR count). The summed E-state index contributed by atoms with van der Waals surface area (Å²) in [6.45, 7) is -0.0908. The average Bonchev–Trinajstić information content (AvgIpc) is 2.80. The Labute approximate surface area is 121 Å². The fourth-order valence-corrected chi connectivity index (χ4v) is 2.88. The first-order valence-electron chi connectivity index (χ1n) is 6.04. The first kappa shape index (κ1) is 15.3. The van der Waals surface area contributed by atoms with Gasteiger partial charge in [0, 0.05) is 13.0 Å². The molecule has 114 valence electrons. The van der Waals surface area contributed by atoms with Crippen LogP contribution in [-0.4, -0.2) is 39.2 Å². The molecule has 1 unspecified atom stereocenters. The van der Waals surface area contributed by atoms with Gasteiger partial charge in [0.2, 0.25) is 15.9 Å². The number of anilines is 2. The number of amides is 1. The van der Waals surface area contributed by atoms with Crippen LogP contribution >= 0.6 is 0 Å². The maximum atomic E-state index is 12.0. The van der Waals surface area contributed by atoms with Gasteiger partial charge in [-0.25, -0.2) is 18.4 Å². The number of nitrogens with two attached hydrogens (primary N) is 2. The van der Waals surface area contributed by atoms with Crippen molar-refractivity contribution in [2.45, 2.75) is 11.7 Å². The van der Waals surface area contributed by atoms with E-state index in [9.17, 15) is 18.0 Å². The summed E-state index contributed by atoms with van der Waals surface area (Å²) in [5, 5.41) is 4.09. The molecule has 0 spiro atoms. The first-order chi connectivity index (χ1) is 9.74. The van der Waals surface area contributed by atoms with Crippen LogP contribution in [0.25, 0.3) is 0 Å². The van der Waals surface area contributed by atoms with Gasteiger partial charge in [-0.15, -0.1) is 0 Å². The minimum absolute atomic E-state index is 0.0908. The quantitative estimate of drug-likeness (QED) is 0.568. The third-order valence-electron chi connectivity index (χ3n) is 3.30. The normalized spacial score (nSPS) is 18.9. The highest BCUT2D eigenvalue weighted by Gasteiger charge is 2.38. The number of hydrogen-bond acceptors (Lipinski definition) is 6. The summed E-state index contributed by atoms with van der Waals surface area (Å²) >= 11 is 0. The van der Waals surface area contributed by atoms with Crippen molar-refractivity contribution >= 4 is 33.3 Å². The van der Waals surface area contributed by atoms with E-state index in [1.54, 1.807) is 0 Å². The number of rotatable bonds is 3. The van der Waals surface area contributed by atoms with Crippen molar-refractivity contribution in [3.05, 3.63) is 23.8 Å². The molecule has 1 amide bonds. The lowest BCUT2D eigenvalue weighted by molar-refractivity contribution is -0.117. The summed E-state index contributed by atoms with van der Waals surface area (Å²) < 4.78 is 27.3. The zero-order valence-electron chi connectivity index (χ0n) is 11.3. The van der Waals surface area contributed by atoms with Gasteiger partial charge in [-0.1, -0.05) is 0 Å². The number of nitrogens with zero attached hydrogens (tertiary/aromatic N) is 1. The van der Waals surface area contributed by atoms with E-state index < -0.39 is 27.1 Å². The fraction of sp³-hybridized carbons (Fsp3) is 0.333. The summed E-state index contributed by atoms with van der Waals surface area (Å²) in [7, 11) is -2.58. The van der Waals surface area contributed by atoms with E-state index >= 15 is 0 Å². The predicted octanol–water partition coefficient (Wildman–Crippen LogP) is -0.551. The maximum absolute atomic E-state index is 12.0. The molecule has 0 aromatic heterocycles. The van der Waals surface area contributed by atoms with Crippen LogP contribution in [0.15, 0.2) is 18.2 Å². The number of esters is 1. The number of methoxy groups -OCH3 is 1. The maximum Gasteiger partial charge on any atom is 0.337 e. The SMILES string of the molecule is COC(=O)c1ccc(N)c(N2CC(S(N)(=O)=O)CC2=O)c1. The smallest absolute Gasteiger partial charge is 0.337 e. The second kappa shape index (κ2) is 5.34. The zero-order valence-corrected chi connectivity index (χ0v) is 12.1. The minimum atomic E-state index is -3.82. The molecule has 0 radical (unpaired) electrons. The number of ether oxygens (including phenoxy) is 1. The van der Waals surface area contributed by atoms with Gasteiger partial charge in [-0.2, -0.15) is 0 Å². The van der Waals surface area contributed by atoms with E-state index in [2.05, 4.69) is 4.74 Å². The number of nitrogen functional groups attached to an aromatic ring is 1. The Bertz CT molecular complexity index is 701. The highest BCUT2D eigenvalue weighted by Crippen LogP contribution is 2.30. The Kier molecular flexibility index (Phi) is 3.88. The van der Waals surface area contributed by atoms with Gasteiger partial charge in [0.25, 0.3) is 0 Å². The first-order valence-corrected chi connectivity index (χ1v) is 7.65. The number of primary sulfonamides is 1. The lowest BCUT2D eigenvalue weighted by atomic mass is 10.1. The number of benzene rings is 1. The highest BCUT2D eigenvalue weighted by molar-refractivity contribution is 7.89. The highest BCUT2D eigenvalue weighted by atomic mass is 32.2. The van der Waals surface area contributed by atoms with Crippen LogP contribution in [0.2, 0.25) is 0 Å². The standard InChI is InChI=1S/C12H15N3O5S/c1-20-12(17)7-2-3-9(13)10(4-7)15-6-8(5-11(15)16)21(14,18)19/h2-4,8H,5-6,13H2,1H3,(H2,14,18,19). The zero-order chi connectivity index (χ0) is 15.8. The molecule has 1 fully saturated rings. The van der Waals surface area contributed by atoms with Gasteiger partial charge >= 0.3 is 5.97 Å². The molecule has 0 saturated carbocycles. The third kappa shape index (κ3) is 2.98. The predicted molar refractivity (Wildman–Crippen MR) is 76.1 cm³/mol. The number of carbonyl (C=O) groups is 2. The van der Waals surface area contributed by atoms with Crippen molar-refractivity contribution in [3.8, 4) is 0 Å². The summed E-state index contributed by atoms with van der Waals surface area (Å²) in [5.74, 6) is -0.992. The molecule has 9 heteroatoms. The number of hydrogen-bond donors (Lipinski definition) is 2. The van der Waals surface area contributed by atoms with E-state index in [1.165, 1.54) is 30.2 Å². The van der Waals surface area contributed by atoms with E-state index in [4.69, 9.17) is 10.9 Å². The van der Waals surface area contributed by atoms with Crippen LogP contribution in [-0.2, 0) is 19.6 Å². The van der Waals surface area contributed by atoms with Crippen LogP contribution in [0.3, 0.4) is 0 Å². The number of carbonyl (C=O) groups excluding carboxylic acids is 2. The van der Waals surface area contributed by atoms with Crippen LogP contribution < -0.4 is 15.8 Å². The largest absolute Gasteiger partial charge is 0.465 e. The van der Waals surface area contributed by atoms with Crippen LogP contribution in [0.1, 0.15) is 16.8 Å². The number of sulfonamides is 1. The monoisotopic (exact) mass is 313 g/mol. The molecule has 0 aliphatic carbocycles. The molecular formula is C12H15N3O5S. The Morgan fingerprint density at radius 2 is 2.10 bits per heavy atom. The lowest BCUT2D eigenvalue weighted by Crippen LogP contribution is -2.32. The third-order valence-corrected chi connectivity index (χ3v) is 4.54. The summed E-state index contributed by atoms with van der Waals surface area (Å²) in [6.07, 6.45) is -0.208. The van der Waals surface area contributed by atoms with Gasteiger partial charge in [-0.3, -0.25) is 4.79 Å². The molecule has 1 aliphatic heterocycles. The van der Waals surface area contributed by atoms with Gasteiger partial charge in [0.15, 0.2) is 0 Å². The van der Waals surface area contributed by atoms with E-state index in [0.717, 1.165) is 0 Å². The van der Waals surface area contributed by atoms with Gasteiger partial charge in [0.1, 0.15) is 5.25 Å².